The van der Waals surface area contributed by atoms with Crippen LogP contribution in [0.1, 0.15) is 38.7 Å². The third-order valence-corrected chi connectivity index (χ3v) is 6.83. The molecule has 0 aromatic heterocycles. The van der Waals surface area contributed by atoms with E-state index in [2.05, 4.69) is 15.9 Å². The molecule has 0 bridgehead atoms. The number of benzene rings is 1. The molecule has 1 saturated heterocycles. The van der Waals surface area contributed by atoms with E-state index in [0.717, 1.165) is 29.3 Å². The predicted octanol–water partition coefficient (Wildman–Crippen LogP) is 3.71. The van der Waals surface area contributed by atoms with Crippen LogP contribution in [0.5, 0.6) is 0 Å². The van der Waals surface area contributed by atoms with Crippen molar-refractivity contribution >= 4 is 26.0 Å². The van der Waals surface area contributed by atoms with Crippen LogP contribution in [0.3, 0.4) is 0 Å². The van der Waals surface area contributed by atoms with Crippen molar-refractivity contribution in [3.05, 3.63) is 28.2 Å². The molecule has 0 radical (unpaired) electrons. The third kappa shape index (κ3) is 2.88. The standard InChI is InChI=1S/C14H20BrNO2S/c1-10-9-13(7-8-14(10)15)19(17,18)16-11(2)5-4-6-12(16)3/h7-9,11-12H,4-6H2,1-3H3/t11-,12+. The molecule has 3 nitrogen and oxygen atoms in total. The highest BCUT2D eigenvalue weighted by atomic mass is 79.9. The van der Waals surface area contributed by atoms with Gasteiger partial charge in [0.15, 0.2) is 0 Å². The minimum atomic E-state index is -3.39. The molecule has 1 aliphatic heterocycles. The monoisotopic (exact) mass is 345 g/mol. The fourth-order valence-electron chi connectivity index (χ4n) is 2.77. The normalized spacial score (nSPS) is 25.5. The number of hydrogen-bond donors (Lipinski definition) is 0. The molecule has 2 atom stereocenters. The first-order chi connectivity index (χ1) is 8.84. The predicted molar refractivity (Wildman–Crippen MR) is 80.7 cm³/mol. The number of halogens is 1. The van der Waals surface area contributed by atoms with E-state index in [0.29, 0.717) is 4.90 Å². The molecular weight excluding hydrogens is 326 g/mol. The fourth-order valence-corrected chi connectivity index (χ4v) is 4.98. The molecule has 19 heavy (non-hydrogen) atoms. The lowest BCUT2D eigenvalue weighted by molar-refractivity contribution is 0.204. The Morgan fingerprint density at radius 1 is 1.21 bits per heavy atom. The Morgan fingerprint density at radius 2 is 1.79 bits per heavy atom. The summed E-state index contributed by atoms with van der Waals surface area (Å²) < 4.78 is 28.2. The molecule has 106 valence electrons. The zero-order chi connectivity index (χ0) is 14.2. The number of aryl methyl sites for hydroxylation is 1. The van der Waals surface area contributed by atoms with Crippen LogP contribution in [0.4, 0.5) is 0 Å². The minimum Gasteiger partial charge on any atom is -0.207 e. The number of sulfonamides is 1. The van der Waals surface area contributed by atoms with E-state index >= 15 is 0 Å². The molecule has 5 heteroatoms. The molecule has 0 spiro atoms. The van der Waals surface area contributed by atoms with E-state index in [1.54, 1.807) is 16.4 Å². The summed E-state index contributed by atoms with van der Waals surface area (Å²) in [6, 6.07) is 5.39. The lowest BCUT2D eigenvalue weighted by atomic mass is 10.0. The van der Waals surface area contributed by atoms with Crippen molar-refractivity contribution in [1.82, 2.24) is 4.31 Å². The molecule has 0 aliphatic carbocycles. The van der Waals surface area contributed by atoms with Crippen LogP contribution in [-0.2, 0) is 10.0 Å². The molecule has 2 rings (SSSR count). The summed E-state index contributed by atoms with van der Waals surface area (Å²) in [5.41, 5.74) is 0.943. The smallest absolute Gasteiger partial charge is 0.207 e. The highest BCUT2D eigenvalue weighted by Gasteiger charge is 2.35. The van der Waals surface area contributed by atoms with Crippen LogP contribution in [0, 0.1) is 6.92 Å². The summed E-state index contributed by atoms with van der Waals surface area (Å²) in [5.74, 6) is 0. The van der Waals surface area contributed by atoms with Gasteiger partial charge in [-0.15, -0.1) is 0 Å². The van der Waals surface area contributed by atoms with Gasteiger partial charge in [-0.3, -0.25) is 0 Å². The van der Waals surface area contributed by atoms with Crippen molar-refractivity contribution in [3.63, 3.8) is 0 Å². The van der Waals surface area contributed by atoms with Gasteiger partial charge in [0.25, 0.3) is 0 Å². The average Bonchev–Trinajstić information content (AvgIpc) is 2.32. The van der Waals surface area contributed by atoms with E-state index in [1.807, 2.05) is 26.8 Å². The maximum absolute atomic E-state index is 12.8. The van der Waals surface area contributed by atoms with E-state index in [-0.39, 0.29) is 12.1 Å². The van der Waals surface area contributed by atoms with E-state index in [1.165, 1.54) is 0 Å². The van der Waals surface area contributed by atoms with Crippen LogP contribution in [0.2, 0.25) is 0 Å². The summed E-state index contributed by atoms with van der Waals surface area (Å²) in [5, 5.41) is 0. The Hall–Kier alpha value is -0.390. The topological polar surface area (TPSA) is 37.4 Å². The summed E-state index contributed by atoms with van der Waals surface area (Å²) in [7, 11) is -3.39. The van der Waals surface area contributed by atoms with E-state index in [9.17, 15) is 8.42 Å². The maximum atomic E-state index is 12.8. The largest absolute Gasteiger partial charge is 0.243 e. The SMILES string of the molecule is Cc1cc(S(=O)(=O)N2[C@H](C)CCC[C@@H]2C)ccc1Br. The minimum absolute atomic E-state index is 0.0812. The highest BCUT2D eigenvalue weighted by molar-refractivity contribution is 9.10. The Labute approximate surface area is 124 Å². The van der Waals surface area contributed by atoms with Gasteiger partial charge in [-0.05, 0) is 57.4 Å². The van der Waals surface area contributed by atoms with Crippen molar-refractivity contribution in [2.45, 2.75) is 57.0 Å². The first-order valence-electron chi connectivity index (χ1n) is 6.63. The second-order valence-corrected chi connectivity index (χ2v) is 8.07. The van der Waals surface area contributed by atoms with Crippen LogP contribution >= 0.6 is 15.9 Å². The van der Waals surface area contributed by atoms with Gasteiger partial charge in [-0.2, -0.15) is 4.31 Å². The summed E-state index contributed by atoms with van der Waals surface area (Å²) >= 11 is 3.41. The first-order valence-corrected chi connectivity index (χ1v) is 8.87. The van der Waals surface area contributed by atoms with Crippen molar-refractivity contribution in [3.8, 4) is 0 Å². The average molecular weight is 346 g/mol. The number of rotatable bonds is 2. The lowest BCUT2D eigenvalue weighted by Crippen LogP contribution is -2.47. The van der Waals surface area contributed by atoms with Gasteiger partial charge in [-0.1, -0.05) is 22.4 Å². The molecule has 1 aromatic rings. The summed E-state index contributed by atoms with van der Waals surface area (Å²) in [4.78, 5) is 0.397. The molecule has 0 saturated carbocycles. The van der Waals surface area contributed by atoms with Gasteiger partial charge in [-0.25, -0.2) is 8.42 Å². The maximum Gasteiger partial charge on any atom is 0.243 e. The molecule has 1 aliphatic rings. The molecule has 0 amide bonds. The second-order valence-electron chi connectivity index (χ2n) is 5.37. The van der Waals surface area contributed by atoms with Crippen molar-refractivity contribution in [2.75, 3.05) is 0 Å². The first kappa shape index (κ1) is 15.0. The van der Waals surface area contributed by atoms with Crippen LogP contribution in [0.25, 0.3) is 0 Å². The Kier molecular flexibility index (Phi) is 4.38. The van der Waals surface area contributed by atoms with Crippen LogP contribution < -0.4 is 0 Å². The molecular formula is C14H20BrNO2S. The molecule has 0 unspecified atom stereocenters. The number of hydrogen-bond acceptors (Lipinski definition) is 2. The second kappa shape index (κ2) is 5.54. The van der Waals surface area contributed by atoms with Gasteiger partial charge in [0, 0.05) is 16.6 Å². The molecule has 0 N–H and O–H groups in total. The van der Waals surface area contributed by atoms with Crippen molar-refractivity contribution in [2.24, 2.45) is 0 Å². The summed E-state index contributed by atoms with van der Waals surface area (Å²) in [6.07, 6.45) is 2.99. The molecule has 1 aromatic carbocycles. The lowest BCUT2D eigenvalue weighted by Gasteiger charge is -2.37. The number of nitrogens with zero attached hydrogens (tertiary/aromatic N) is 1. The fraction of sp³-hybridized carbons (Fsp3) is 0.571. The van der Waals surface area contributed by atoms with Crippen molar-refractivity contribution in [1.29, 1.82) is 0 Å². The molecule has 1 fully saturated rings. The van der Waals surface area contributed by atoms with E-state index in [4.69, 9.17) is 0 Å². The summed E-state index contributed by atoms with van der Waals surface area (Å²) in [6.45, 7) is 5.91. The zero-order valence-electron chi connectivity index (χ0n) is 11.6. The van der Waals surface area contributed by atoms with Gasteiger partial charge >= 0.3 is 0 Å². The van der Waals surface area contributed by atoms with Crippen molar-refractivity contribution < 1.29 is 8.42 Å². The number of piperidine rings is 1. The van der Waals surface area contributed by atoms with Gasteiger partial charge in [0.2, 0.25) is 10.0 Å². The quantitative estimate of drug-likeness (QED) is 0.819. The Balaban J connectivity index is 2.43. The van der Waals surface area contributed by atoms with Gasteiger partial charge < -0.3 is 0 Å². The van der Waals surface area contributed by atoms with Gasteiger partial charge in [0.1, 0.15) is 0 Å². The Bertz CT molecular complexity index is 561. The Morgan fingerprint density at radius 3 is 2.32 bits per heavy atom. The van der Waals surface area contributed by atoms with Crippen LogP contribution in [-0.4, -0.2) is 24.8 Å². The molecule has 1 heterocycles. The van der Waals surface area contributed by atoms with E-state index < -0.39 is 10.0 Å². The highest BCUT2D eigenvalue weighted by Crippen LogP contribution is 2.30. The third-order valence-electron chi connectivity index (χ3n) is 3.82. The van der Waals surface area contributed by atoms with Crippen LogP contribution in [0.15, 0.2) is 27.6 Å². The van der Waals surface area contributed by atoms with Gasteiger partial charge in [0.05, 0.1) is 4.90 Å². The zero-order valence-corrected chi connectivity index (χ0v) is 14.0.